The van der Waals surface area contributed by atoms with Crippen LogP contribution in [-0.4, -0.2) is 37.6 Å². The molecule has 1 amide bonds. The number of carbonyl (C=O) groups excluding carboxylic acids is 1. The Hall–Kier alpha value is -1.95. The molecule has 27 heavy (non-hydrogen) atoms. The van der Waals surface area contributed by atoms with Gasteiger partial charge in [-0.1, -0.05) is 35.3 Å². The van der Waals surface area contributed by atoms with E-state index >= 15 is 0 Å². The molecule has 3 rings (SSSR count). The normalized spacial score (nSPS) is 14.1. The third-order valence-electron chi connectivity index (χ3n) is 4.31. The topological polar surface area (TPSA) is 50.8 Å². The lowest BCUT2D eigenvalue weighted by Crippen LogP contribution is -2.36. The summed E-state index contributed by atoms with van der Waals surface area (Å²) < 4.78 is 11.1. The Balaban J connectivity index is 1.55. The zero-order chi connectivity index (χ0) is 19.4. The Bertz CT molecular complexity index is 829. The molecule has 0 unspecified atom stereocenters. The highest BCUT2D eigenvalue weighted by Gasteiger charge is 2.17. The van der Waals surface area contributed by atoms with Crippen LogP contribution in [0.2, 0.25) is 10.0 Å². The van der Waals surface area contributed by atoms with Crippen molar-refractivity contribution in [3.63, 3.8) is 0 Å². The molecule has 0 bridgehead atoms. The SMILES string of the molecule is C[C@@H](NC(=O)CN(C)Cc1ccc(Cl)cc1Cl)c1ccc2c(c1)OCCO2. The van der Waals surface area contributed by atoms with E-state index in [0.29, 0.717) is 35.6 Å². The molecule has 0 fully saturated rings. The molecule has 1 heterocycles. The number of carbonyl (C=O) groups is 1. The summed E-state index contributed by atoms with van der Waals surface area (Å²) in [5.74, 6) is 1.39. The van der Waals surface area contributed by atoms with Gasteiger partial charge in [0.1, 0.15) is 13.2 Å². The highest BCUT2D eigenvalue weighted by Crippen LogP contribution is 2.32. The van der Waals surface area contributed by atoms with Crippen LogP contribution in [0.5, 0.6) is 11.5 Å². The van der Waals surface area contributed by atoms with E-state index in [-0.39, 0.29) is 18.5 Å². The minimum atomic E-state index is -0.138. The molecular weight excluding hydrogens is 387 g/mol. The van der Waals surface area contributed by atoms with E-state index in [1.165, 1.54) is 0 Å². The van der Waals surface area contributed by atoms with Crippen LogP contribution in [0.3, 0.4) is 0 Å². The van der Waals surface area contributed by atoms with Crippen molar-refractivity contribution in [1.29, 1.82) is 0 Å². The Labute approximate surface area is 169 Å². The van der Waals surface area contributed by atoms with E-state index in [0.717, 1.165) is 16.9 Å². The van der Waals surface area contributed by atoms with E-state index in [1.54, 1.807) is 12.1 Å². The predicted molar refractivity (Wildman–Crippen MR) is 107 cm³/mol. The number of rotatable bonds is 6. The van der Waals surface area contributed by atoms with Gasteiger partial charge in [-0.3, -0.25) is 9.69 Å². The standard InChI is InChI=1S/C20H22Cl2N2O3/c1-13(14-4-6-18-19(9-14)27-8-7-26-18)23-20(25)12-24(2)11-15-3-5-16(21)10-17(15)22/h3-6,9-10,13H,7-8,11-12H2,1-2H3,(H,23,25)/t13-/m1/s1. The molecule has 144 valence electrons. The molecule has 1 aliphatic heterocycles. The van der Waals surface area contributed by atoms with E-state index in [4.69, 9.17) is 32.7 Å². The molecule has 5 nitrogen and oxygen atoms in total. The average molecular weight is 409 g/mol. The molecule has 7 heteroatoms. The van der Waals surface area contributed by atoms with E-state index in [2.05, 4.69) is 5.32 Å². The van der Waals surface area contributed by atoms with E-state index in [1.807, 2.05) is 43.1 Å². The summed E-state index contributed by atoms with van der Waals surface area (Å²) in [5.41, 5.74) is 1.90. The number of benzene rings is 2. The molecule has 0 saturated heterocycles. The molecule has 2 aromatic rings. The minimum absolute atomic E-state index is 0.0648. The number of halogens is 2. The third kappa shape index (κ3) is 5.28. The van der Waals surface area contributed by atoms with Gasteiger partial charge >= 0.3 is 0 Å². The number of likely N-dealkylation sites (N-methyl/N-ethyl adjacent to an activating group) is 1. The summed E-state index contributed by atoms with van der Waals surface area (Å²) in [6.07, 6.45) is 0. The van der Waals surface area contributed by atoms with Gasteiger partial charge in [0.15, 0.2) is 11.5 Å². The highest BCUT2D eigenvalue weighted by molar-refractivity contribution is 6.35. The smallest absolute Gasteiger partial charge is 0.234 e. The van der Waals surface area contributed by atoms with Gasteiger partial charge in [-0.15, -0.1) is 0 Å². The summed E-state index contributed by atoms with van der Waals surface area (Å²) in [4.78, 5) is 14.3. The van der Waals surface area contributed by atoms with Crippen molar-refractivity contribution >= 4 is 29.1 Å². The number of nitrogens with one attached hydrogen (secondary N) is 1. The van der Waals surface area contributed by atoms with Crippen LogP contribution in [0.1, 0.15) is 24.1 Å². The monoisotopic (exact) mass is 408 g/mol. The van der Waals surface area contributed by atoms with E-state index < -0.39 is 0 Å². The third-order valence-corrected chi connectivity index (χ3v) is 4.90. The van der Waals surface area contributed by atoms with Crippen molar-refractivity contribution in [3.8, 4) is 11.5 Å². The van der Waals surface area contributed by atoms with Crippen LogP contribution < -0.4 is 14.8 Å². The molecule has 1 atom stereocenters. The molecule has 1 N–H and O–H groups in total. The van der Waals surface area contributed by atoms with Gasteiger partial charge in [0.05, 0.1) is 12.6 Å². The molecule has 0 radical (unpaired) electrons. The molecule has 0 spiro atoms. The number of hydrogen-bond donors (Lipinski definition) is 1. The number of ether oxygens (including phenoxy) is 2. The number of amides is 1. The summed E-state index contributed by atoms with van der Waals surface area (Å²) in [6.45, 7) is 3.85. The van der Waals surface area contributed by atoms with Gasteiger partial charge in [0.25, 0.3) is 0 Å². The molecule has 2 aromatic carbocycles. The van der Waals surface area contributed by atoms with Crippen molar-refractivity contribution in [2.45, 2.75) is 19.5 Å². The summed E-state index contributed by atoms with van der Waals surface area (Å²) in [5, 5.41) is 4.20. The summed E-state index contributed by atoms with van der Waals surface area (Å²) >= 11 is 12.1. The Morgan fingerprint density at radius 1 is 1.15 bits per heavy atom. The molecule has 0 aliphatic carbocycles. The van der Waals surface area contributed by atoms with Crippen molar-refractivity contribution in [1.82, 2.24) is 10.2 Å². The van der Waals surface area contributed by atoms with Gasteiger partial charge in [-0.25, -0.2) is 0 Å². The first-order valence-corrected chi connectivity index (χ1v) is 9.49. The van der Waals surface area contributed by atoms with Gasteiger partial charge in [0, 0.05) is 16.6 Å². The fraction of sp³-hybridized carbons (Fsp3) is 0.350. The number of fused-ring (bicyclic) bond motifs is 1. The van der Waals surface area contributed by atoms with Crippen LogP contribution in [0.4, 0.5) is 0 Å². The lowest BCUT2D eigenvalue weighted by atomic mass is 10.1. The highest BCUT2D eigenvalue weighted by atomic mass is 35.5. The van der Waals surface area contributed by atoms with Gasteiger partial charge < -0.3 is 14.8 Å². The fourth-order valence-electron chi connectivity index (χ4n) is 2.94. The molecule has 0 saturated carbocycles. The van der Waals surface area contributed by atoms with Crippen molar-refractivity contribution in [3.05, 3.63) is 57.6 Å². The maximum absolute atomic E-state index is 12.4. The Kier molecular flexibility index (Phi) is 6.47. The molecule has 1 aliphatic rings. The summed E-state index contributed by atoms with van der Waals surface area (Å²) in [6, 6.07) is 11.0. The maximum Gasteiger partial charge on any atom is 0.234 e. The maximum atomic E-state index is 12.4. The molecule has 0 aromatic heterocycles. The molecular formula is C20H22Cl2N2O3. The number of hydrogen-bond acceptors (Lipinski definition) is 4. The second-order valence-electron chi connectivity index (χ2n) is 6.60. The zero-order valence-electron chi connectivity index (χ0n) is 15.3. The minimum Gasteiger partial charge on any atom is -0.486 e. The van der Waals surface area contributed by atoms with Crippen LogP contribution in [0, 0.1) is 0 Å². The second kappa shape index (κ2) is 8.83. The fourth-order valence-corrected chi connectivity index (χ4v) is 3.41. The van der Waals surface area contributed by atoms with Crippen molar-refractivity contribution in [2.24, 2.45) is 0 Å². The predicted octanol–water partition coefficient (Wildman–Crippen LogP) is 4.07. The average Bonchev–Trinajstić information content (AvgIpc) is 2.63. The summed E-state index contributed by atoms with van der Waals surface area (Å²) in [7, 11) is 1.87. The van der Waals surface area contributed by atoms with Gasteiger partial charge in [0.2, 0.25) is 5.91 Å². The first-order chi connectivity index (χ1) is 12.9. The zero-order valence-corrected chi connectivity index (χ0v) is 16.8. The van der Waals surface area contributed by atoms with Crippen molar-refractivity contribution in [2.75, 3.05) is 26.8 Å². The Morgan fingerprint density at radius 3 is 2.63 bits per heavy atom. The van der Waals surface area contributed by atoms with Gasteiger partial charge in [-0.2, -0.15) is 0 Å². The second-order valence-corrected chi connectivity index (χ2v) is 7.44. The lowest BCUT2D eigenvalue weighted by Gasteiger charge is -2.22. The first-order valence-electron chi connectivity index (χ1n) is 8.74. The van der Waals surface area contributed by atoms with Crippen LogP contribution in [0.25, 0.3) is 0 Å². The Morgan fingerprint density at radius 2 is 1.89 bits per heavy atom. The van der Waals surface area contributed by atoms with Gasteiger partial charge in [-0.05, 0) is 49.4 Å². The quantitative estimate of drug-likeness (QED) is 0.782. The number of nitrogens with zero attached hydrogens (tertiary/aromatic N) is 1. The van der Waals surface area contributed by atoms with Crippen LogP contribution >= 0.6 is 23.2 Å². The van der Waals surface area contributed by atoms with E-state index in [9.17, 15) is 4.79 Å². The largest absolute Gasteiger partial charge is 0.486 e. The van der Waals surface area contributed by atoms with Crippen LogP contribution in [-0.2, 0) is 11.3 Å². The van der Waals surface area contributed by atoms with Crippen LogP contribution in [0.15, 0.2) is 36.4 Å². The first kappa shape index (κ1) is 19.8. The van der Waals surface area contributed by atoms with Crippen molar-refractivity contribution < 1.29 is 14.3 Å². The lowest BCUT2D eigenvalue weighted by molar-refractivity contribution is -0.122.